The van der Waals surface area contributed by atoms with Crippen LogP contribution in [0.1, 0.15) is 30.7 Å². The lowest BCUT2D eigenvalue weighted by molar-refractivity contribution is 0.425. The monoisotopic (exact) mass is 381 g/mol. The first kappa shape index (κ1) is 17.9. The molecule has 140 valence electrons. The van der Waals surface area contributed by atoms with Gasteiger partial charge >= 0.3 is 10.2 Å². The number of anilines is 1. The average molecular weight is 382 g/mol. The minimum atomic E-state index is -3.61. The van der Waals surface area contributed by atoms with Crippen LogP contribution in [-0.2, 0) is 10.2 Å². The van der Waals surface area contributed by atoms with Gasteiger partial charge < -0.3 is 0 Å². The highest BCUT2D eigenvalue weighted by molar-refractivity contribution is 7.90. The maximum atomic E-state index is 12.9. The fourth-order valence-corrected chi connectivity index (χ4v) is 4.91. The maximum absolute atomic E-state index is 12.9. The van der Waals surface area contributed by atoms with E-state index in [2.05, 4.69) is 21.8 Å². The lowest BCUT2D eigenvalue weighted by Gasteiger charge is -2.21. The van der Waals surface area contributed by atoms with E-state index in [0.717, 1.165) is 30.2 Å². The van der Waals surface area contributed by atoms with Crippen molar-refractivity contribution < 1.29 is 8.42 Å². The van der Waals surface area contributed by atoms with Crippen molar-refractivity contribution in [2.75, 3.05) is 17.8 Å². The summed E-state index contributed by atoms with van der Waals surface area (Å²) in [6.07, 6.45) is 2.69. The molecule has 1 fully saturated rings. The minimum Gasteiger partial charge on any atom is -0.254 e. The summed E-state index contributed by atoms with van der Waals surface area (Å²) in [4.78, 5) is 4.42. The van der Waals surface area contributed by atoms with Crippen molar-refractivity contribution >= 4 is 26.9 Å². The molecule has 0 spiro atoms. The lowest BCUT2D eigenvalue weighted by Crippen LogP contribution is -2.36. The zero-order chi connectivity index (χ0) is 18.7. The number of rotatable bonds is 4. The van der Waals surface area contributed by atoms with E-state index in [4.69, 9.17) is 0 Å². The minimum absolute atomic E-state index is 0.359. The van der Waals surface area contributed by atoms with E-state index in [0.29, 0.717) is 24.8 Å². The standard InChI is InChI=1S/C21H23N3O2S/c25-27(26,23-21-13-12-19-9-4-5-11-20(19)22-21)24-15-6-10-18(14-16-24)17-7-2-1-3-8-17/h1-5,7-9,11-13,18H,6,10,14-16H2,(H,22,23). The first-order valence-electron chi connectivity index (χ1n) is 9.30. The zero-order valence-electron chi connectivity index (χ0n) is 15.1. The van der Waals surface area contributed by atoms with Crippen molar-refractivity contribution in [3.8, 4) is 0 Å². The van der Waals surface area contributed by atoms with Crippen LogP contribution in [0.4, 0.5) is 5.82 Å². The molecule has 1 saturated heterocycles. The van der Waals surface area contributed by atoms with Gasteiger partial charge in [-0.3, -0.25) is 4.72 Å². The second kappa shape index (κ2) is 7.66. The Bertz CT molecular complexity index is 1020. The molecule has 1 aliphatic rings. The summed E-state index contributed by atoms with van der Waals surface area (Å²) in [7, 11) is -3.61. The number of nitrogens with one attached hydrogen (secondary N) is 1. The van der Waals surface area contributed by atoms with Gasteiger partial charge in [0.1, 0.15) is 5.82 Å². The Labute approximate surface area is 160 Å². The molecular weight excluding hydrogens is 358 g/mol. The van der Waals surface area contributed by atoms with Gasteiger partial charge in [-0.05, 0) is 48.9 Å². The predicted octanol–water partition coefficient (Wildman–Crippen LogP) is 4.16. The molecule has 1 N–H and O–H groups in total. The summed E-state index contributed by atoms with van der Waals surface area (Å²) in [6, 6.07) is 21.6. The highest BCUT2D eigenvalue weighted by Gasteiger charge is 2.26. The van der Waals surface area contributed by atoms with E-state index in [-0.39, 0.29) is 0 Å². The Morgan fingerprint density at radius 2 is 1.67 bits per heavy atom. The molecular formula is C21H23N3O2S. The van der Waals surface area contributed by atoms with Crippen molar-refractivity contribution in [1.82, 2.24) is 9.29 Å². The fourth-order valence-electron chi connectivity index (χ4n) is 3.69. The Hall–Kier alpha value is -2.44. The van der Waals surface area contributed by atoms with E-state index in [1.165, 1.54) is 5.56 Å². The van der Waals surface area contributed by atoms with Crippen LogP contribution < -0.4 is 4.72 Å². The number of aromatic nitrogens is 1. The molecule has 0 bridgehead atoms. The van der Waals surface area contributed by atoms with Gasteiger partial charge in [0.15, 0.2) is 0 Å². The average Bonchev–Trinajstić information content (AvgIpc) is 2.95. The molecule has 0 radical (unpaired) electrons. The molecule has 3 aromatic rings. The van der Waals surface area contributed by atoms with Gasteiger partial charge in [-0.25, -0.2) is 4.98 Å². The number of nitrogens with zero attached hydrogens (tertiary/aromatic N) is 2. The molecule has 0 amide bonds. The van der Waals surface area contributed by atoms with Crippen LogP contribution in [0, 0.1) is 0 Å². The number of hydrogen-bond donors (Lipinski definition) is 1. The summed E-state index contributed by atoms with van der Waals surface area (Å²) in [5.41, 5.74) is 2.07. The van der Waals surface area contributed by atoms with Crippen LogP contribution in [0.5, 0.6) is 0 Å². The van der Waals surface area contributed by atoms with Crippen molar-refractivity contribution in [3.63, 3.8) is 0 Å². The molecule has 2 heterocycles. The third kappa shape index (κ3) is 4.12. The van der Waals surface area contributed by atoms with Crippen LogP contribution in [0.25, 0.3) is 10.9 Å². The molecule has 1 unspecified atom stereocenters. The number of fused-ring (bicyclic) bond motifs is 1. The van der Waals surface area contributed by atoms with Gasteiger partial charge in [-0.2, -0.15) is 12.7 Å². The van der Waals surface area contributed by atoms with E-state index in [9.17, 15) is 8.42 Å². The first-order valence-corrected chi connectivity index (χ1v) is 10.7. The van der Waals surface area contributed by atoms with Crippen molar-refractivity contribution in [2.45, 2.75) is 25.2 Å². The third-order valence-electron chi connectivity index (χ3n) is 5.13. The molecule has 1 aromatic heterocycles. The molecule has 2 aromatic carbocycles. The second-order valence-electron chi connectivity index (χ2n) is 6.93. The van der Waals surface area contributed by atoms with Gasteiger partial charge in [0.05, 0.1) is 5.52 Å². The van der Waals surface area contributed by atoms with Gasteiger partial charge in [0.25, 0.3) is 0 Å². The molecule has 1 aliphatic heterocycles. The van der Waals surface area contributed by atoms with E-state index >= 15 is 0 Å². The van der Waals surface area contributed by atoms with Crippen molar-refractivity contribution in [2.24, 2.45) is 0 Å². The molecule has 5 nitrogen and oxygen atoms in total. The lowest BCUT2D eigenvalue weighted by atomic mass is 9.92. The zero-order valence-corrected chi connectivity index (χ0v) is 15.9. The smallest absolute Gasteiger partial charge is 0.254 e. The molecule has 27 heavy (non-hydrogen) atoms. The summed E-state index contributed by atoms with van der Waals surface area (Å²) in [5.74, 6) is 0.766. The normalized spacial score (nSPS) is 18.9. The topological polar surface area (TPSA) is 62.3 Å². The number of para-hydroxylation sites is 1. The quantitative estimate of drug-likeness (QED) is 0.738. The summed E-state index contributed by atoms with van der Waals surface area (Å²) in [6.45, 7) is 1.05. The van der Waals surface area contributed by atoms with Crippen LogP contribution >= 0.6 is 0 Å². The van der Waals surface area contributed by atoms with E-state index in [1.54, 1.807) is 10.4 Å². The van der Waals surface area contributed by atoms with E-state index < -0.39 is 10.2 Å². The van der Waals surface area contributed by atoms with Gasteiger partial charge in [0.2, 0.25) is 0 Å². The highest BCUT2D eigenvalue weighted by Crippen LogP contribution is 2.29. The van der Waals surface area contributed by atoms with Gasteiger partial charge in [0, 0.05) is 18.5 Å². The number of hydrogen-bond acceptors (Lipinski definition) is 3. The third-order valence-corrected chi connectivity index (χ3v) is 6.64. The Morgan fingerprint density at radius 3 is 2.52 bits per heavy atom. The summed E-state index contributed by atoms with van der Waals surface area (Å²) >= 11 is 0. The number of pyridine rings is 1. The van der Waals surface area contributed by atoms with Crippen LogP contribution in [0.15, 0.2) is 66.7 Å². The van der Waals surface area contributed by atoms with Crippen molar-refractivity contribution in [1.29, 1.82) is 0 Å². The molecule has 4 rings (SSSR count). The van der Waals surface area contributed by atoms with Crippen LogP contribution in [-0.4, -0.2) is 30.8 Å². The maximum Gasteiger partial charge on any atom is 0.302 e. The van der Waals surface area contributed by atoms with Crippen LogP contribution in [0.2, 0.25) is 0 Å². The van der Waals surface area contributed by atoms with Crippen molar-refractivity contribution in [3.05, 3.63) is 72.3 Å². The molecule has 0 saturated carbocycles. The number of benzene rings is 2. The molecule has 1 atom stereocenters. The highest BCUT2D eigenvalue weighted by atomic mass is 32.2. The van der Waals surface area contributed by atoms with Crippen LogP contribution in [0.3, 0.4) is 0 Å². The predicted molar refractivity (Wildman–Crippen MR) is 109 cm³/mol. The SMILES string of the molecule is O=S(=O)(Nc1ccc2ccccc2n1)N1CCCC(c2ccccc2)CC1. The first-order chi connectivity index (χ1) is 13.1. The van der Waals surface area contributed by atoms with E-state index in [1.807, 2.05) is 48.5 Å². The summed E-state index contributed by atoms with van der Waals surface area (Å²) in [5, 5.41) is 0.987. The Balaban J connectivity index is 1.48. The Morgan fingerprint density at radius 1 is 0.889 bits per heavy atom. The Kier molecular flexibility index (Phi) is 5.09. The molecule has 0 aliphatic carbocycles. The summed E-state index contributed by atoms with van der Waals surface area (Å²) < 4.78 is 29.9. The van der Waals surface area contributed by atoms with Gasteiger partial charge in [-0.15, -0.1) is 0 Å². The fraction of sp³-hybridized carbons (Fsp3) is 0.286. The van der Waals surface area contributed by atoms with Gasteiger partial charge in [-0.1, -0.05) is 48.5 Å². The largest absolute Gasteiger partial charge is 0.302 e. The molecule has 6 heteroatoms. The second-order valence-corrected chi connectivity index (χ2v) is 8.60.